The molecule has 1 aliphatic rings. The van der Waals surface area contributed by atoms with E-state index in [2.05, 4.69) is 10.6 Å². The van der Waals surface area contributed by atoms with Crippen LogP contribution < -0.4 is 15.8 Å². The maximum absolute atomic E-state index is 12.1. The molecule has 0 aliphatic carbocycles. The first-order valence-corrected chi connectivity index (χ1v) is 8.56. The number of nitrogens with two attached hydrogens (primary N) is 1. The summed E-state index contributed by atoms with van der Waals surface area (Å²) in [5, 5.41) is 8.38. The molecule has 2 rings (SSSR count). The maximum Gasteiger partial charge on any atom is 0.286 e. The van der Waals surface area contributed by atoms with Gasteiger partial charge in [-0.2, -0.15) is 0 Å². The van der Waals surface area contributed by atoms with Crippen molar-refractivity contribution in [1.29, 1.82) is 0 Å². The summed E-state index contributed by atoms with van der Waals surface area (Å²) in [6.07, 6.45) is 0. The number of hydrogen-bond acceptors (Lipinski definition) is 6. The van der Waals surface area contributed by atoms with Crippen molar-refractivity contribution in [3.8, 4) is 0 Å². The molecule has 3 amide bonds. The van der Waals surface area contributed by atoms with Gasteiger partial charge in [0.2, 0.25) is 21.8 Å². The second-order valence-corrected chi connectivity index (χ2v) is 7.34. The van der Waals surface area contributed by atoms with Gasteiger partial charge in [0.25, 0.3) is 5.24 Å². The minimum absolute atomic E-state index is 0.0742. The highest BCUT2D eigenvalue weighted by atomic mass is 32.2. The Hall–Kier alpha value is -1.91. The largest absolute Gasteiger partial charge is 0.326 e. The standard InChI is InChI=1S/C12H13N3O5S2/c1-6(9-11(17)15-12(18)21-9)10(16)14-7-2-4-8(5-3-7)22(13,19)20/h2-6,9H,1H3,(H,14,16)(H2,13,19,20)(H,15,17,18)/t6-,9+/m0/s1. The zero-order valence-corrected chi connectivity index (χ0v) is 13.0. The molecular weight excluding hydrogens is 330 g/mol. The number of amides is 3. The van der Waals surface area contributed by atoms with Crippen LogP contribution in [0, 0.1) is 5.92 Å². The number of carbonyl (C=O) groups excluding carboxylic acids is 3. The number of thioether (sulfide) groups is 1. The van der Waals surface area contributed by atoms with Crippen LogP contribution in [0.3, 0.4) is 0 Å². The molecule has 0 saturated carbocycles. The minimum Gasteiger partial charge on any atom is -0.326 e. The van der Waals surface area contributed by atoms with Crippen LogP contribution >= 0.6 is 11.8 Å². The van der Waals surface area contributed by atoms with Gasteiger partial charge in [-0.3, -0.25) is 19.7 Å². The van der Waals surface area contributed by atoms with E-state index in [0.717, 1.165) is 11.8 Å². The van der Waals surface area contributed by atoms with Crippen molar-refractivity contribution in [2.24, 2.45) is 11.1 Å². The van der Waals surface area contributed by atoms with Gasteiger partial charge in [0.1, 0.15) is 5.25 Å². The average Bonchev–Trinajstić information content (AvgIpc) is 2.76. The molecule has 1 heterocycles. The van der Waals surface area contributed by atoms with Crippen LogP contribution in [0.5, 0.6) is 0 Å². The Morgan fingerprint density at radius 3 is 2.36 bits per heavy atom. The SMILES string of the molecule is C[C@H](C(=O)Nc1ccc(S(N)(=O)=O)cc1)[C@H]1SC(=O)NC1=O. The lowest BCUT2D eigenvalue weighted by Gasteiger charge is -2.15. The Morgan fingerprint density at radius 2 is 1.91 bits per heavy atom. The van der Waals surface area contributed by atoms with Crippen molar-refractivity contribution in [2.75, 3.05) is 5.32 Å². The molecule has 118 valence electrons. The van der Waals surface area contributed by atoms with E-state index in [9.17, 15) is 22.8 Å². The fourth-order valence-electron chi connectivity index (χ4n) is 1.82. The van der Waals surface area contributed by atoms with Gasteiger partial charge in [0, 0.05) is 5.69 Å². The number of rotatable bonds is 4. The number of benzene rings is 1. The quantitative estimate of drug-likeness (QED) is 0.717. The van der Waals surface area contributed by atoms with E-state index in [1.165, 1.54) is 31.2 Å². The van der Waals surface area contributed by atoms with Crippen LogP contribution in [-0.4, -0.2) is 30.7 Å². The number of primary sulfonamides is 1. The molecule has 0 unspecified atom stereocenters. The van der Waals surface area contributed by atoms with Crippen LogP contribution in [0.25, 0.3) is 0 Å². The summed E-state index contributed by atoms with van der Waals surface area (Å²) in [7, 11) is -3.80. The topological polar surface area (TPSA) is 135 Å². The molecule has 0 bridgehead atoms. The molecule has 1 aliphatic heterocycles. The highest BCUT2D eigenvalue weighted by Gasteiger charge is 2.38. The lowest BCUT2D eigenvalue weighted by atomic mass is 10.1. The van der Waals surface area contributed by atoms with Gasteiger partial charge in [-0.05, 0) is 24.3 Å². The first-order valence-electron chi connectivity index (χ1n) is 6.13. The van der Waals surface area contributed by atoms with Gasteiger partial charge in [-0.15, -0.1) is 0 Å². The second-order valence-electron chi connectivity index (χ2n) is 4.66. The number of anilines is 1. The van der Waals surface area contributed by atoms with Crippen LogP contribution in [0.15, 0.2) is 29.2 Å². The molecule has 8 nitrogen and oxygen atoms in total. The summed E-state index contributed by atoms with van der Waals surface area (Å²) in [6, 6.07) is 5.29. The predicted octanol–water partition coefficient (Wildman–Crippen LogP) is 0.260. The van der Waals surface area contributed by atoms with E-state index in [0.29, 0.717) is 5.69 Å². The highest BCUT2D eigenvalue weighted by molar-refractivity contribution is 8.15. The number of hydrogen-bond donors (Lipinski definition) is 3. The molecule has 1 fully saturated rings. The van der Waals surface area contributed by atoms with Crippen LogP contribution in [0.2, 0.25) is 0 Å². The van der Waals surface area contributed by atoms with Gasteiger partial charge in [0.15, 0.2) is 0 Å². The third-order valence-corrected chi connectivity index (χ3v) is 5.16. The van der Waals surface area contributed by atoms with Crippen LogP contribution in [0.1, 0.15) is 6.92 Å². The molecule has 1 saturated heterocycles. The summed E-state index contributed by atoms with van der Waals surface area (Å²) in [4.78, 5) is 34.6. The van der Waals surface area contributed by atoms with Gasteiger partial charge in [-0.1, -0.05) is 18.7 Å². The van der Waals surface area contributed by atoms with E-state index < -0.39 is 38.2 Å². The molecule has 10 heteroatoms. The molecule has 0 spiro atoms. The number of sulfonamides is 1. The summed E-state index contributed by atoms with van der Waals surface area (Å²) in [6.45, 7) is 1.53. The van der Waals surface area contributed by atoms with Crippen molar-refractivity contribution >= 4 is 44.5 Å². The zero-order valence-electron chi connectivity index (χ0n) is 11.4. The van der Waals surface area contributed by atoms with E-state index in [1.807, 2.05) is 0 Å². The predicted molar refractivity (Wildman–Crippen MR) is 80.5 cm³/mol. The van der Waals surface area contributed by atoms with E-state index in [4.69, 9.17) is 5.14 Å². The first kappa shape index (κ1) is 16.5. The fraction of sp³-hybridized carbons (Fsp3) is 0.250. The van der Waals surface area contributed by atoms with Gasteiger partial charge >= 0.3 is 0 Å². The summed E-state index contributed by atoms with van der Waals surface area (Å²) >= 11 is 0.770. The molecule has 4 N–H and O–H groups in total. The van der Waals surface area contributed by atoms with Gasteiger partial charge in [-0.25, -0.2) is 13.6 Å². The van der Waals surface area contributed by atoms with Crippen molar-refractivity contribution in [2.45, 2.75) is 17.1 Å². The Labute approximate surface area is 130 Å². The molecule has 0 aromatic heterocycles. The third kappa shape index (κ3) is 3.64. The monoisotopic (exact) mass is 343 g/mol. The third-order valence-electron chi connectivity index (χ3n) is 3.04. The lowest BCUT2D eigenvalue weighted by molar-refractivity contribution is -0.125. The normalized spacial score (nSPS) is 19.6. The van der Waals surface area contributed by atoms with Gasteiger partial charge in [0.05, 0.1) is 10.8 Å². The van der Waals surface area contributed by atoms with Crippen molar-refractivity contribution in [1.82, 2.24) is 5.32 Å². The van der Waals surface area contributed by atoms with Crippen LogP contribution in [-0.2, 0) is 19.6 Å². The lowest BCUT2D eigenvalue weighted by Crippen LogP contribution is -2.35. The maximum atomic E-state index is 12.1. The molecular formula is C12H13N3O5S2. The van der Waals surface area contributed by atoms with Crippen molar-refractivity contribution in [3.63, 3.8) is 0 Å². The summed E-state index contributed by atoms with van der Waals surface area (Å²) in [5.74, 6) is -1.68. The fourth-order valence-corrected chi connectivity index (χ4v) is 3.22. The van der Waals surface area contributed by atoms with E-state index >= 15 is 0 Å². The summed E-state index contributed by atoms with van der Waals surface area (Å²) < 4.78 is 22.3. The number of carbonyl (C=O) groups is 3. The Bertz CT molecular complexity index is 730. The van der Waals surface area contributed by atoms with Crippen molar-refractivity contribution < 1.29 is 22.8 Å². The smallest absolute Gasteiger partial charge is 0.286 e. The molecule has 0 radical (unpaired) electrons. The summed E-state index contributed by atoms with van der Waals surface area (Å²) in [5.41, 5.74) is 0.360. The zero-order chi connectivity index (χ0) is 16.5. The Balaban J connectivity index is 2.05. The number of imide groups is 1. The first-order chi connectivity index (χ1) is 10.2. The molecule has 1 aromatic carbocycles. The minimum atomic E-state index is -3.80. The average molecular weight is 343 g/mol. The molecule has 22 heavy (non-hydrogen) atoms. The van der Waals surface area contributed by atoms with E-state index in [1.54, 1.807) is 0 Å². The second kappa shape index (κ2) is 6.07. The number of nitrogens with one attached hydrogen (secondary N) is 2. The van der Waals surface area contributed by atoms with Crippen LogP contribution in [0.4, 0.5) is 10.5 Å². The van der Waals surface area contributed by atoms with Crippen molar-refractivity contribution in [3.05, 3.63) is 24.3 Å². The Kier molecular flexibility index (Phi) is 4.54. The van der Waals surface area contributed by atoms with E-state index in [-0.39, 0.29) is 4.90 Å². The Morgan fingerprint density at radius 1 is 1.32 bits per heavy atom. The molecule has 1 aromatic rings. The van der Waals surface area contributed by atoms with Gasteiger partial charge < -0.3 is 5.32 Å². The molecule has 2 atom stereocenters. The highest BCUT2D eigenvalue weighted by Crippen LogP contribution is 2.27.